The monoisotopic (exact) mass is 122 g/mol. The first-order chi connectivity index (χ1) is 4.33. The molecule has 46 valence electrons. The topological polar surface area (TPSA) is 55.4 Å². The molecule has 0 atom stereocenters. The second-order valence-electron chi connectivity index (χ2n) is 1.62. The van der Waals surface area contributed by atoms with Gasteiger partial charge in [-0.25, -0.2) is 0 Å². The number of allylic oxidation sites excluding steroid dienone is 4. The summed E-state index contributed by atoms with van der Waals surface area (Å²) in [6, 6.07) is 0. The predicted octanol–water partition coefficient (Wildman–Crippen LogP) is -0.00380. The van der Waals surface area contributed by atoms with Gasteiger partial charge in [0.25, 0.3) is 0 Å². The van der Waals surface area contributed by atoms with Crippen LogP contribution in [0.2, 0.25) is 0 Å². The standard InChI is InChI=1S/C6H6N2O/c7-8-5-1-3-6(9)4-2-5/h1-4H,7H2. The largest absolute Gasteiger partial charge is 0.323 e. The number of nitrogens with two attached hydrogens (primary N) is 1. The van der Waals surface area contributed by atoms with Crippen LogP contribution in [0.25, 0.3) is 0 Å². The van der Waals surface area contributed by atoms with E-state index in [2.05, 4.69) is 5.10 Å². The highest BCUT2D eigenvalue weighted by atomic mass is 16.1. The van der Waals surface area contributed by atoms with E-state index in [4.69, 9.17) is 5.84 Å². The minimum atomic E-state index is -0.0256. The van der Waals surface area contributed by atoms with Gasteiger partial charge in [0, 0.05) is 0 Å². The van der Waals surface area contributed by atoms with Gasteiger partial charge in [-0.2, -0.15) is 5.10 Å². The number of ketones is 1. The zero-order valence-electron chi connectivity index (χ0n) is 4.74. The van der Waals surface area contributed by atoms with Crippen LogP contribution in [-0.2, 0) is 4.79 Å². The van der Waals surface area contributed by atoms with Gasteiger partial charge in [0.2, 0.25) is 0 Å². The van der Waals surface area contributed by atoms with Crippen molar-refractivity contribution in [2.75, 3.05) is 0 Å². The number of carbonyl (C=O) groups is 1. The van der Waals surface area contributed by atoms with Crippen molar-refractivity contribution in [3.8, 4) is 0 Å². The molecular formula is C6H6N2O. The Kier molecular flexibility index (Phi) is 1.44. The molecule has 0 aromatic carbocycles. The maximum atomic E-state index is 10.5. The lowest BCUT2D eigenvalue weighted by molar-refractivity contribution is -0.110. The summed E-state index contributed by atoms with van der Waals surface area (Å²) in [5.74, 6) is 4.90. The van der Waals surface area contributed by atoms with Crippen LogP contribution in [0, 0.1) is 0 Å². The van der Waals surface area contributed by atoms with Crippen molar-refractivity contribution in [2.45, 2.75) is 0 Å². The van der Waals surface area contributed by atoms with Crippen LogP contribution in [0.4, 0.5) is 0 Å². The molecule has 3 nitrogen and oxygen atoms in total. The fraction of sp³-hybridized carbons (Fsp3) is 0. The molecule has 0 unspecified atom stereocenters. The Balaban J connectivity index is 2.82. The average Bonchev–Trinajstić information content (AvgIpc) is 1.90. The van der Waals surface area contributed by atoms with Crippen molar-refractivity contribution in [3.63, 3.8) is 0 Å². The van der Waals surface area contributed by atoms with Gasteiger partial charge >= 0.3 is 0 Å². The number of hydrogen-bond donors (Lipinski definition) is 1. The molecular weight excluding hydrogens is 116 g/mol. The third-order valence-electron chi connectivity index (χ3n) is 0.986. The summed E-state index contributed by atoms with van der Waals surface area (Å²) >= 11 is 0. The minimum Gasteiger partial charge on any atom is -0.323 e. The van der Waals surface area contributed by atoms with Crippen LogP contribution < -0.4 is 5.84 Å². The highest BCUT2D eigenvalue weighted by Gasteiger charge is 1.96. The summed E-state index contributed by atoms with van der Waals surface area (Å²) in [5.41, 5.74) is 0.620. The fourth-order valence-corrected chi connectivity index (χ4v) is 0.532. The molecule has 0 fully saturated rings. The van der Waals surface area contributed by atoms with Gasteiger partial charge in [-0.15, -0.1) is 0 Å². The smallest absolute Gasteiger partial charge is 0.178 e. The molecule has 0 aromatic heterocycles. The first-order valence-electron chi connectivity index (χ1n) is 2.51. The molecule has 9 heavy (non-hydrogen) atoms. The molecule has 0 amide bonds. The van der Waals surface area contributed by atoms with E-state index in [1.165, 1.54) is 12.2 Å². The van der Waals surface area contributed by atoms with E-state index in [9.17, 15) is 4.79 Å². The quantitative estimate of drug-likeness (QED) is 0.279. The summed E-state index contributed by atoms with van der Waals surface area (Å²) in [6.07, 6.45) is 5.99. The molecule has 2 N–H and O–H groups in total. The van der Waals surface area contributed by atoms with Crippen LogP contribution in [0.1, 0.15) is 0 Å². The van der Waals surface area contributed by atoms with Gasteiger partial charge in [0.15, 0.2) is 5.78 Å². The van der Waals surface area contributed by atoms with Crippen LogP contribution in [0.15, 0.2) is 29.4 Å². The molecule has 0 heterocycles. The summed E-state index contributed by atoms with van der Waals surface area (Å²) < 4.78 is 0. The van der Waals surface area contributed by atoms with Crippen LogP contribution in [-0.4, -0.2) is 11.5 Å². The Bertz CT molecular complexity index is 195. The van der Waals surface area contributed by atoms with Gasteiger partial charge < -0.3 is 5.84 Å². The Morgan fingerprint density at radius 1 is 1.22 bits per heavy atom. The van der Waals surface area contributed by atoms with E-state index >= 15 is 0 Å². The van der Waals surface area contributed by atoms with Gasteiger partial charge in [-0.3, -0.25) is 4.79 Å². The van der Waals surface area contributed by atoms with Crippen molar-refractivity contribution in [3.05, 3.63) is 24.3 Å². The molecule has 0 saturated carbocycles. The first kappa shape index (κ1) is 5.75. The Morgan fingerprint density at radius 2 is 1.78 bits per heavy atom. The third-order valence-corrected chi connectivity index (χ3v) is 0.986. The third kappa shape index (κ3) is 1.25. The van der Waals surface area contributed by atoms with E-state index in [1.54, 1.807) is 12.2 Å². The number of rotatable bonds is 0. The van der Waals surface area contributed by atoms with Gasteiger partial charge in [-0.1, -0.05) is 0 Å². The first-order valence-corrected chi connectivity index (χ1v) is 2.51. The van der Waals surface area contributed by atoms with Crippen molar-refractivity contribution < 1.29 is 4.79 Å². The zero-order valence-corrected chi connectivity index (χ0v) is 4.74. The summed E-state index contributed by atoms with van der Waals surface area (Å²) in [7, 11) is 0. The van der Waals surface area contributed by atoms with E-state index in [0.29, 0.717) is 5.71 Å². The van der Waals surface area contributed by atoms with Crippen molar-refractivity contribution >= 4 is 11.5 Å². The maximum Gasteiger partial charge on any atom is 0.178 e. The lowest BCUT2D eigenvalue weighted by atomic mass is 10.2. The van der Waals surface area contributed by atoms with E-state index in [-0.39, 0.29) is 5.78 Å². The zero-order chi connectivity index (χ0) is 6.69. The van der Waals surface area contributed by atoms with E-state index in [0.717, 1.165) is 0 Å². The molecule has 0 spiro atoms. The van der Waals surface area contributed by atoms with Crippen molar-refractivity contribution in [1.82, 2.24) is 0 Å². The van der Waals surface area contributed by atoms with Crippen molar-refractivity contribution in [2.24, 2.45) is 10.9 Å². The highest BCUT2D eigenvalue weighted by Crippen LogP contribution is 1.92. The molecule has 0 saturated heterocycles. The van der Waals surface area contributed by atoms with Gasteiger partial charge in [-0.05, 0) is 24.3 Å². The lowest BCUT2D eigenvalue weighted by Gasteiger charge is -1.93. The SMILES string of the molecule is NN=C1C=CC(=O)C=C1. The number of hydrogen-bond acceptors (Lipinski definition) is 3. The number of nitrogens with zero attached hydrogens (tertiary/aromatic N) is 1. The molecule has 0 bridgehead atoms. The number of hydrazone groups is 1. The van der Waals surface area contributed by atoms with Crippen LogP contribution >= 0.6 is 0 Å². The lowest BCUT2D eigenvalue weighted by Crippen LogP contribution is -2.01. The summed E-state index contributed by atoms with van der Waals surface area (Å²) in [6.45, 7) is 0. The van der Waals surface area contributed by atoms with Crippen molar-refractivity contribution in [1.29, 1.82) is 0 Å². The van der Waals surface area contributed by atoms with Gasteiger partial charge in [0.05, 0.1) is 5.71 Å². The molecule has 1 rings (SSSR count). The minimum absolute atomic E-state index is 0.0256. The molecule has 1 aliphatic carbocycles. The molecule has 0 aromatic rings. The highest BCUT2D eigenvalue weighted by molar-refractivity contribution is 6.16. The second kappa shape index (κ2) is 2.26. The fourth-order valence-electron chi connectivity index (χ4n) is 0.532. The van der Waals surface area contributed by atoms with Gasteiger partial charge in [0.1, 0.15) is 0 Å². The predicted molar refractivity (Wildman–Crippen MR) is 34.9 cm³/mol. The van der Waals surface area contributed by atoms with Crippen LogP contribution in [0.5, 0.6) is 0 Å². The Hall–Kier alpha value is -1.38. The molecule has 0 aliphatic heterocycles. The molecule has 3 heteroatoms. The molecule has 1 aliphatic rings. The van der Waals surface area contributed by atoms with E-state index in [1.807, 2.05) is 0 Å². The van der Waals surface area contributed by atoms with Crippen LogP contribution in [0.3, 0.4) is 0 Å². The Morgan fingerprint density at radius 3 is 2.22 bits per heavy atom. The average molecular weight is 122 g/mol. The Labute approximate surface area is 52.5 Å². The second-order valence-corrected chi connectivity index (χ2v) is 1.62. The summed E-state index contributed by atoms with van der Waals surface area (Å²) in [4.78, 5) is 10.5. The maximum absolute atomic E-state index is 10.5. The molecule has 0 radical (unpaired) electrons. The van der Waals surface area contributed by atoms with E-state index < -0.39 is 0 Å². The summed E-state index contributed by atoms with van der Waals surface area (Å²) in [5, 5.41) is 3.37. The number of carbonyl (C=O) groups excluding carboxylic acids is 1. The normalized spacial score (nSPS) is 16.4.